The number of carbonyl (C=O) groups excluding carboxylic acids is 1. The van der Waals surface area contributed by atoms with E-state index in [0.29, 0.717) is 25.1 Å². The van der Waals surface area contributed by atoms with Gasteiger partial charge in [0, 0.05) is 29.6 Å². The van der Waals surface area contributed by atoms with Crippen molar-refractivity contribution in [2.75, 3.05) is 16.8 Å². The zero-order chi connectivity index (χ0) is 19.0. The van der Waals surface area contributed by atoms with E-state index in [4.69, 9.17) is 0 Å². The van der Waals surface area contributed by atoms with Gasteiger partial charge in [0.15, 0.2) is 9.84 Å². The van der Waals surface area contributed by atoms with Crippen molar-refractivity contribution in [3.05, 3.63) is 47.8 Å². The molecule has 142 valence electrons. The zero-order valence-electron chi connectivity index (χ0n) is 15.1. The fourth-order valence-corrected chi connectivity index (χ4v) is 5.34. The summed E-state index contributed by atoms with van der Waals surface area (Å²) in [5.74, 6) is 0.706. The summed E-state index contributed by atoms with van der Waals surface area (Å²) < 4.78 is 25.2. The monoisotopic (exact) mass is 386 g/mol. The Labute approximate surface area is 157 Å². The van der Waals surface area contributed by atoms with Gasteiger partial charge in [-0.1, -0.05) is 18.2 Å². The number of anilines is 1. The Kier molecular flexibility index (Phi) is 4.51. The summed E-state index contributed by atoms with van der Waals surface area (Å²) in [5, 5.41) is 8.42. The first kappa shape index (κ1) is 17.8. The molecule has 8 heteroatoms. The molecule has 27 heavy (non-hydrogen) atoms. The number of nitrogens with zero attached hydrogens (tertiary/aromatic N) is 2. The number of nitrogens with one attached hydrogen (secondary N) is 2. The first-order valence-corrected chi connectivity index (χ1v) is 10.8. The Balaban J connectivity index is 1.44. The number of para-hydroxylation sites is 1. The minimum atomic E-state index is -3.02. The second kappa shape index (κ2) is 6.84. The van der Waals surface area contributed by atoms with Crippen LogP contribution in [-0.4, -0.2) is 40.6 Å². The van der Waals surface area contributed by atoms with Gasteiger partial charge in [-0.05, 0) is 31.4 Å². The van der Waals surface area contributed by atoms with Crippen LogP contribution in [0.15, 0.2) is 36.5 Å². The number of sulfone groups is 1. The van der Waals surface area contributed by atoms with Crippen LogP contribution in [0.1, 0.15) is 30.1 Å². The van der Waals surface area contributed by atoms with Crippen molar-refractivity contribution >= 4 is 32.5 Å². The first-order chi connectivity index (χ1) is 12.9. The highest BCUT2D eigenvalue weighted by Crippen LogP contribution is 2.27. The second-order valence-corrected chi connectivity index (χ2v) is 9.31. The van der Waals surface area contributed by atoms with Gasteiger partial charge in [-0.2, -0.15) is 5.10 Å². The van der Waals surface area contributed by atoms with Crippen molar-refractivity contribution in [3.63, 3.8) is 0 Å². The predicted octanol–water partition coefficient (Wildman–Crippen LogP) is 2.60. The molecular weight excluding hydrogens is 364 g/mol. The molecule has 0 unspecified atom stereocenters. The fourth-order valence-electron chi connectivity index (χ4n) is 3.65. The molecule has 0 aliphatic carbocycles. The molecule has 1 aliphatic rings. The summed E-state index contributed by atoms with van der Waals surface area (Å²) >= 11 is 0. The summed E-state index contributed by atoms with van der Waals surface area (Å²) in [6.45, 7) is 1.83. The highest BCUT2D eigenvalue weighted by molar-refractivity contribution is 7.91. The lowest BCUT2D eigenvalue weighted by Crippen LogP contribution is -2.19. The molecule has 1 atom stereocenters. The fraction of sp³-hybridized carbons (Fsp3) is 0.368. The number of amides is 1. The van der Waals surface area contributed by atoms with E-state index in [1.54, 1.807) is 10.7 Å². The van der Waals surface area contributed by atoms with Gasteiger partial charge in [0.2, 0.25) is 5.91 Å². The van der Waals surface area contributed by atoms with Gasteiger partial charge in [-0.15, -0.1) is 0 Å². The van der Waals surface area contributed by atoms with E-state index in [1.807, 2.05) is 37.4 Å². The summed E-state index contributed by atoms with van der Waals surface area (Å²) in [6, 6.07) is 9.58. The molecule has 1 aromatic carbocycles. The lowest BCUT2D eigenvalue weighted by molar-refractivity contribution is -0.116. The van der Waals surface area contributed by atoms with E-state index < -0.39 is 9.84 Å². The van der Waals surface area contributed by atoms with Crippen LogP contribution in [0, 0.1) is 6.92 Å². The number of hydrogen-bond donors (Lipinski definition) is 2. The molecule has 1 amide bonds. The zero-order valence-corrected chi connectivity index (χ0v) is 15.9. The van der Waals surface area contributed by atoms with E-state index in [1.165, 1.54) is 0 Å². The first-order valence-electron chi connectivity index (χ1n) is 9.03. The number of H-pyrrole nitrogens is 1. The number of aromatic nitrogens is 3. The number of carbonyl (C=O) groups is 1. The highest BCUT2D eigenvalue weighted by Gasteiger charge is 2.31. The maximum Gasteiger partial charge on any atom is 0.225 e. The Bertz CT molecular complexity index is 1100. The largest absolute Gasteiger partial charge is 0.361 e. The van der Waals surface area contributed by atoms with Crippen molar-refractivity contribution in [1.29, 1.82) is 0 Å². The number of aromatic amines is 1. The molecule has 3 aromatic rings. The van der Waals surface area contributed by atoms with Crippen molar-refractivity contribution in [1.82, 2.24) is 14.8 Å². The third-order valence-corrected chi connectivity index (χ3v) is 6.73. The molecule has 0 radical (unpaired) electrons. The van der Waals surface area contributed by atoms with Gasteiger partial charge < -0.3 is 10.3 Å². The number of aryl methyl sites for hydroxylation is 2. The molecular formula is C19H22N4O3S. The van der Waals surface area contributed by atoms with Gasteiger partial charge >= 0.3 is 0 Å². The minimum absolute atomic E-state index is 0.0757. The standard InChI is InChI=1S/C19H22N4O3S/c1-13-10-18(23(22-13)15-8-9-27(25,26)12-15)21-19(24)7-6-14-11-20-17-5-3-2-4-16(14)17/h2-5,10-11,15,20H,6-9,12H2,1H3,(H,21,24)/t15-/m0/s1. The van der Waals surface area contributed by atoms with E-state index >= 15 is 0 Å². The Morgan fingerprint density at radius 2 is 2.19 bits per heavy atom. The summed E-state index contributed by atoms with van der Waals surface area (Å²) in [7, 11) is -3.02. The maximum atomic E-state index is 12.5. The molecule has 0 bridgehead atoms. The van der Waals surface area contributed by atoms with Crippen LogP contribution in [0.4, 0.5) is 5.82 Å². The Hall–Kier alpha value is -2.61. The van der Waals surface area contributed by atoms with Gasteiger partial charge in [0.1, 0.15) is 5.82 Å². The van der Waals surface area contributed by atoms with Crippen LogP contribution in [0.5, 0.6) is 0 Å². The van der Waals surface area contributed by atoms with E-state index in [0.717, 1.165) is 22.2 Å². The minimum Gasteiger partial charge on any atom is -0.361 e. The third-order valence-electron chi connectivity index (χ3n) is 4.98. The molecule has 2 aromatic heterocycles. The van der Waals surface area contributed by atoms with Crippen molar-refractivity contribution in [3.8, 4) is 0 Å². The summed E-state index contributed by atoms with van der Waals surface area (Å²) in [6.07, 6.45) is 3.44. The van der Waals surface area contributed by atoms with Crippen LogP contribution < -0.4 is 5.32 Å². The van der Waals surface area contributed by atoms with Crippen LogP contribution in [-0.2, 0) is 21.1 Å². The quantitative estimate of drug-likeness (QED) is 0.704. The van der Waals surface area contributed by atoms with Crippen LogP contribution >= 0.6 is 0 Å². The Morgan fingerprint density at radius 3 is 2.96 bits per heavy atom. The third kappa shape index (κ3) is 3.75. The summed E-state index contributed by atoms with van der Waals surface area (Å²) in [4.78, 5) is 15.7. The van der Waals surface area contributed by atoms with Crippen molar-refractivity contribution in [2.45, 2.75) is 32.2 Å². The van der Waals surface area contributed by atoms with Crippen LogP contribution in [0.2, 0.25) is 0 Å². The molecule has 0 spiro atoms. The number of rotatable bonds is 5. The molecule has 7 nitrogen and oxygen atoms in total. The lowest BCUT2D eigenvalue weighted by Gasteiger charge is -2.13. The number of hydrogen-bond acceptors (Lipinski definition) is 4. The lowest BCUT2D eigenvalue weighted by atomic mass is 10.1. The smallest absolute Gasteiger partial charge is 0.225 e. The average Bonchev–Trinajstić information content (AvgIpc) is 3.30. The maximum absolute atomic E-state index is 12.5. The van der Waals surface area contributed by atoms with E-state index in [9.17, 15) is 13.2 Å². The molecule has 0 saturated carbocycles. The molecule has 1 saturated heterocycles. The van der Waals surface area contributed by atoms with Gasteiger partial charge in [-0.25, -0.2) is 13.1 Å². The molecule has 3 heterocycles. The van der Waals surface area contributed by atoms with Gasteiger partial charge in [0.25, 0.3) is 0 Å². The molecule has 1 fully saturated rings. The SMILES string of the molecule is Cc1cc(NC(=O)CCc2c[nH]c3ccccc23)n([C@H]2CCS(=O)(=O)C2)n1. The molecule has 1 aliphatic heterocycles. The van der Waals surface area contributed by atoms with Crippen LogP contribution in [0.25, 0.3) is 10.9 Å². The molecule has 2 N–H and O–H groups in total. The predicted molar refractivity (Wildman–Crippen MR) is 105 cm³/mol. The topological polar surface area (TPSA) is 96.9 Å². The number of fused-ring (bicyclic) bond motifs is 1. The van der Waals surface area contributed by atoms with Gasteiger partial charge in [-0.3, -0.25) is 4.79 Å². The van der Waals surface area contributed by atoms with Crippen molar-refractivity contribution < 1.29 is 13.2 Å². The average molecular weight is 386 g/mol. The molecule has 4 rings (SSSR count). The second-order valence-electron chi connectivity index (χ2n) is 7.08. The van der Waals surface area contributed by atoms with E-state index in [2.05, 4.69) is 15.4 Å². The highest BCUT2D eigenvalue weighted by atomic mass is 32.2. The Morgan fingerprint density at radius 1 is 1.37 bits per heavy atom. The summed E-state index contributed by atoms with van der Waals surface area (Å²) in [5.41, 5.74) is 2.92. The van der Waals surface area contributed by atoms with Gasteiger partial charge in [0.05, 0.1) is 23.2 Å². The van der Waals surface area contributed by atoms with Crippen LogP contribution in [0.3, 0.4) is 0 Å². The van der Waals surface area contributed by atoms with E-state index in [-0.39, 0.29) is 23.5 Å². The normalized spacial score (nSPS) is 18.8. The number of benzene rings is 1. The van der Waals surface area contributed by atoms with Crippen molar-refractivity contribution in [2.24, 2.45) is 0 Å².